The molecule has 2 aliphatic rings. The quantitative estimate of drug-likeness (QED) is 0.824. The summed E-state index contributed by atoms with van der Waals surface area (Å²) in [7, 11) is 0. The standard InChI is InChI=1S/C17H22FNO/c18-16-9-5-13(6-10-16)3-4-14-2-1-11-19(12-14)17(20)15-7-8-15/h5-6,9-10,14-15H,1-4,7-8,11-12H2/t14-/m1/s1. The van der Waals surface area contributed by atoms with E-state index in [4.69, 9.17) is 0 Å². The van der Waals surface area contributed by atoms with Gasteiger partial charge in [-0.1, -0.05) is 12.1 Å². The molecular weight excluding hydrogens is 253 g/mol. The molecule has 0 unspecified atom stereocenters. The van der Waals surface area contributed by atoms with Crippen LogP contribution in [0.3, 0.4) is 0 Å². The Kier molecular flexibility index (Phi) is 4.04. The van der Waals surface area contributed by atoms with E-state index in [-0.39, 0.29) is 5.82 Å². The van der Waals surface area contributed by atoms with Crippen molar-refractivity contribution in [1.82, 2.24) is 4.90 Å². The first-order valence-corrected chi connectivity index (χ1v) is 7.75. The van der Waals surface area contributed by atoms with Crippen LogP contribution in [0.25, 0.3) is 0 Å². The number of rotatable bonds is 4. The predicted octanol–water partition coefficient (Wildman–Crippen LogP) is 3.41. The van der Waals surface area contributed by atoms with Gasteiger partial charge in [0.2, 0.25) is 5.91 Å². The van der Waals surface area contributed by atoms with Gasteiger partial charge < -0.3 is 4.90 Å². The van der Waals surface area contributed by atoms with E-state index in [0.717, 1.165) is 45.2 Å². The minimum Gasteiger partial charge on any atom is -0.342 e. The van der Waals surface area contributed by atoms with Gasteiger partial charge in [0.05, 0.1) is 0 Å². The second-order valence-electron chi connectivity index (χ2n) is 6.23. The van der Waals surface area contributed by atoms with Gasteiger partial charge in [-0.05, 0) is 62.1 Å². The topological polar surface area (TPSA) is 20.3 Å². The number of aryl methyl sites for hydroxylation is 1. The number of carbonyl (C=O) groups is 1. The third kappa shape index (κ3) is 3.38. The van der Waals surface area contributed by atoms with E-state index in [9.17, 15) is 9.18 Å². The number of benzene rings is 1. The summed E-state index contributed by atoms with van der Waals surface area (Å²) in [4.78, 5) is 14.2. The van der Waals surface area contributed by atoms with E-state index in [2.05, 4.69) is 4.90 Å². The lowest BCUT2D eigenvalue weighted by Gasteiger charge is -2.33. The Bertz CT molecular complexity index is 466. The Morgan fingerprint density at radius 3 is 2.65 bits per heavy atom. The number of piperidine rings is 1. The largest absolute Gasteiger partial charge is 0.342 e. The fourth-order valence-corrected chi connectivity index (χ4v) is 3.11. The molecule has 108 valence electrons. The highest BCUT2D eigenvalue weighted by Crippen LogP contribution is 2.33. The normalized spacial score (nSPS) is 22.9. The smallest absolute Gasteiger partial charge is 0.225 e. The Balaban J connectivity index is 1.49. The first-order chi connectivity index (χ1) is 9.72. The highest BCUT2D eigenvalue weighted by Gasteiger charge is 2.35. The van der Waals surface area contributed by atoms with E-state index >= 15 is 0 Å². The maximum Gasteiger partial charge on any atom is 0.225 e. The summed E-state index contributed by atoms with van der Waals surface area (Å²) in [6, 6.07) is 6.79. The van der Waals surface area contributed by atoms with E-state index in [0.29, 0.717) is 17.7 Å². The lowest BCUT2D eigenvalue weighted by Crippen LogP contribution is -2.40. The van der Waals surface area contributed by atoms with Crippen LogP contribution < -0.4 is 0 Å². The summed E-state index contributed by atoms with van der Waals surface area (Å²) >= 11 is 0. The van der Waals surface area contributed by atoms with Crippen molar-refractivity contribution in [2.75, 3.05) is 13.1 Å². The zero-order valence-corrected chi connectivity index (χ0v) is 11.9. The number of hydrogen-bond acceptors (Lipinski definition) is 1. The highest BCUT2D eigenvalue weighted by atomic mass is 19.1. The van der Waals surface area contributed by atoms with Crippen molar-refractivity contribution in [3.05, 3.63) is 35.6 Å². The monoisotopic (exact) mass is 275 g/mol. The van der Waals surface area contributed by atoms with Gasteiger partial charge in [0.15, 0.2) is 0 Å². The van der Waals surface area contributed by atoms with Gasteiger partial charge in [0.25, 0.3) is 0 Å². The molecule has 1 atom stereocenters. The van der Waals surface area contributed by atoms with E-state index in [1.54, 1.807) is 0 Å². The number of amides is 1. The van der Waals surface area contributed by atoms with Crippen LogP contribution in [0.5, 0.6) is 0 Å². The maximum atomic E-state index is 12.9. The molecule has 0 aromatic heterocycles. The molecule has 1 aromatic rings. The average Bonchev–Trinajstić information content (AvgIpc) is 3.31. The number of carbonyl (C=O) groups excluding carboxylic acids is 1. The van der Waals surface area contributed by atoms with Crippen molar-refractivity contribution in [3.63, 3.8) is 0 Å². The van der Waals surface area contributed by atoms with Crippen LogP contribution >= 0.6 is 0 Å². The lowest BCUT2D eigenvalue weighted by molar-refractivity contribution is -0.134. The average molecular weight is 275 g/mol. The predicted molar refractivity (Wildman–Crippen MR) is 76.7 cm³/mol. The van der Waals surface area contributed by atoms with E-state index < -0.39 is 0 Å². The Labute approximate surface area is 120 Å². The molecule has 1 aliphatic carbocycles. The van der Waals surface area contributed by atoms with Crippen molar-refractivity contribution in [1.29, 1.82) is 0 Å². The summed E-state index contributed by atoms with van der Waals surface area (Å²) in [5, 5.41) is 0. The molecule has 2 nitrogen and oxygen atoms in total. The van der Waals surface area contributed by atoms with Gasteiger partial charge >= 0.3 is 0 Å². The Hall–Kier alpha value is -1.38. The van der Waals surface area contributed by atoms with Crippen LogP contribution in [-0.4, -0.2) is 23.9 Å². The minimum absolute atomic E-state index is 0.173. The van der Waals surface area contributed by atoms with Gasteiger partial charge in [-0.15, -0.1) is 0 Å². The molecule has 0 radical (unpaired) electrons. The second kappa shape index (κ2) is 5.94. The van der Waals surface area contributed by atoms with Gasteiger partial charge in [0.1, 0.15) is 5.82 Å². The molecule has 0 N–H and O–H groups in total. The summed E-state index contributed by atoms with van der Waals surface area (Å²) in [5.41, 5.74) is 1.19. The summed E-state index contributed by atoms with van der Waals surface area (Å²) in [5.74, 6) is 1.16. The third-order valence-corrected chi connectivity index (χ3v) is 4.51. The van der Waals surface area contributed by atoms with E-state index in [1.165, 1.54) is 24.1 Å². The van der Waals surface area contributed by atoms with Gasteiger partial charge in [-0.2, -0.15) is 0 Å². The van der Waals surface area contributed by atoms with Gasteiger partial charge in [-0.3, -0.25) is 4.79 Å². The number of halogens is 1. The van der Waals surface area contributed by atoms with Crippen molar-refractivity contribution in [2.24, 2.45) is 11.8 Å². The molecule has 0 spiro atoms. The zero-order chi connectivity index (χ0) is 13.9. The highest BCUT2D eigenvalue weighted by molar-refractivity contribution is 5.81. The van der Waals surface area contributed by atoms with Crippen molar-refractivity contribution in [3.8, 4) is 0 Å². The number of hydrogen-bond donors (Lipinski definition) is 0. The van der Waals surface area contributed by atoms with E-state index in [1.807, 2.05) is 12.1 Å². The first kappa shape index (κ1) is 13.6. The van der Waals surface area contributed by atoms with Crippen molar-refractivity contribution < 1.29 is 9.18 Å². The molecule has 1 saturated heterocycles. The van der Waals surface area contributed by atoms with Crippen LogP contribution in [0.15, 0.2) is 24.3 Å². The third-order valence-electron chi connectivity index (χ3n) is 4.51. The summed E-state index contributed by atoms with van der Waals surface area (Å²) in [6.07, 6.45) is 6.61. The minimum atomic E-state index is -0.173. The molecule has 1 heterocycles. The number of nitrogens with zero attached hydrogens (tertiary/aromatic N) is 1. The van der Waals surface area contributed by atoms with Crippen LogP contribution in [-0.2, 0) is 11.2 Å². The molecule has 0 bridgehead atoms. The molecule has 2 fully saturated rings. The van der Waals surface area contributed by atoms with Crippen LogP contribution in [0, 0.1) is 17.7 Å². The molecule has 1 aliphatic heterocycles. The van der Waals surface area contributed by atoms with Gasteiger partial charge in [-0.25, -0.2) is 4.39 Å². The fraction of sp³-hybridized carbons (Fsp3) is 0.588. The Morgan fingerprint density at radius 2 is 1.95 bits per heavy atom. The molecule has 3 heteroatoms. The van der Waals surface area contributed by atoms with Gasteiger partial charge in [0, 0.05) is 19.0 Å². The SMILES string of the molecule is O=C(C1CC1)N1CCC[C@H](CCc2ccc(F)cc2)C1. The van der Waals surface area contributed by atoms with Crippen LogP contribution in [0.4, 0.5) is 4.39 Å². The van der Waals surface area contributed by atoms with Crippen molar-refractivity contribution >= 4 is 5.91 Å². The molecule has 1 aromatic carbocycles. The molecule has 1 saturated carbocycles. The van der Waals surface area contributed by atoms with Crippen molar-refractivity contribution in [2.45, 2.75) is 38.5 Å². The zero-order valence-electron chi connectivity index (χ0n) is 11.9. The summed E-state index contributed by atoms with van der Waals surface area (Å²) in [6.45, 7) is 1.87. The summed E-state index contributed by atoms with van der Waals surface area (Å²) < 4.78 is 12.9. The number of likely N-dealkylation sites (tertiary alicyclic amines) is 1. The lowest BCUT2D eigenvalue weighted by atomic mass is 9.91. The fourth-order valence-electron chi connectivity index (χ4n) is 3.11. The maximum absolute atomic E-state index is 12.9. The Morgan fingerprint density at radius 1 is 1.20 bits per heavy atom. The molecule has 3 rings (SSSR count). The molecule has 1 amide bonds. The first-order valence-electron chi connectivity index (χ1n) is 7.75. The molecule has 20 heavy (non-hydrogen) atoms. The van der Waals surface area contributed by atoms with Crippen LogP contribution in [0.2, 0.25) is 0 Å². The second-order valence-corrected chi connectivity index (χ2v) is 6.23. The van der Waals surface area contributed by atoms with Crippen LogP contribution in [0.1, 0.15) is 37.7 Å². The molecular formula is C17H22FNO.